The summed E-state index contributed by atoms with van der Waals surface area (Å²) in [6, 6.07) is 0. The van der Waals surface area contributed by atoms with Crippen LogP contribution in [-0.2, 0) is 11.3 Å². The van der Waals surface area contributed by atoms with Gasteiger partial charge < -0.3 is 19.8 Å². The van der Waals surface area contributed by atoms with E-state index in [1.807, 2.05) is 0 Å². The first-order chi connectivity index (χ1) is 8.83. The van der Waals surface area contributed by atoms with Crippen molar-refractivity contribution in [3.63, 3.8) is 0 Å². The summed E-state index contributed by atoms with van der Waals surface area (Å²) in [6.45, 7) is 2.12. The van der Waals surface area contributed by atoms with E-state index in [-0.39, 0.29) is 19.3 Å². The molecule has 0 amide bonds. The van der Waals surface area contributed by atoms with Crippen LogP contribution in [0, 0.1) is 0 Å². The van der Waals surface area contributed by atoms with Gasteiger partial charge in [0, 0.05) is 13.1 Å². The summed E-state index contributed by atoms with van der Waals surface area (Å²) < 4.78 is 5.51. The highest BCUT2D eigenvalue weighted by Gasteiger charge is 2.20. The summed E-state index contributed by atoms with van der Waals surface area (Å²) >= 11 is 0. The lowest BCUT2D eigenvalue weighted by Crippen LogP contribution is -2.38. The molecule has 6 heteroatoms. The number of aromatic nitrogens is 2. The van der Waals surface area contributed by atoms with Gasteiger partial charge in [-0.1, -0.05) is 0 Å². The number of ether oxygens (including phenoxy) is 1. The van der Waals surface area contributed by atoms with Crippen LogP contribution in [0.25, 0.3) is 0 Å². The van der Waals surface area contributed by atoms with Gasteiger partial charge in [0.05, 0.1) is 44.0 Å². The molecule has 0 radical (unpaired) electrons. The molecule has 2 rings (SSSR count). The molecule has 100 valence electrons. The van der Waals surface area contributed by atoms with Crippen LogP contribution in [-0.4, -0.2) is 52.6 Å². The summed E-state index contributed by atoms with van der Waals surface area (Å²) in [7, 11) is 0. The van der Waals surface area contributed by atoms with Crippen molar-refractivity contribution < 1.29 is 14.9 Å². The average molecular weight is 253 g/mol. The molecule has 1 aromatic heterocycles. The largest absolute Gasteiger partial charge is 0.394 e. The Morgan fingerprint density at radius 1 is 1.28 bits per heavy atom. The number of nitrogens with zero attached hydrogens (tertiary/aromatic N) is 3. The lowest BCUT2D eigenvalue weighted by molar-refractivity contribution is 0.0158. The Hall–Kier alpha value is -1.24. The lowest BCUT2D eigenvalue weighted by atomic mass is 10.1. The number of aliphatic hydroxyl groups is 2. The Morgan fingerprint density at radius 3 is 2.72 bits per heavy atom. The molecule has 0 aliphatic carbocycles. The Kier molecular flexibility index (Phi) is 4.86. The lowest BCUT2D eigenvalue weighted by Gasteiger charge is -2.32. The molecule has 0 spiro atoms. The van der Waals surface area contributed by atoms with E-state index in [2.05, 4.69) is 14.9 Å². The van der Waals surface area contributed by atoms with Gasteiger partial charge in [0.25, 0.3) is 0 Å². The maximum absolute atomic E-state index is 9.03. The van der Waals surface area contributed by atoms with Gasteiger partial charge in [-0.25, -0.2) is 4.98 Å². The molecule has 0 atom stereocenters. The van der Waals surface area contributed by atoms with Crippen LogP contribution in [0.5, 0.6) is 0 Å². The van der Waals surface area contributed by atoms with Crippen LogP contribution in [0.3, 0.4) is 0 Å². The first kappa shape index (κ1) is 13.2. The minimum absolute atomic E-state index is 0.0736. The summed E-state index contributed by atoms with van der Waals surface area (Å²) in [5, 5.41) is 17.7. The third-order valence-corrected chi connectivity index (χ3v) is 3.04. The topological polar surface area (TPSA) is 78.7 Å². The summed E-state index contributed by atoms with van der Waals surface area (Å²) in [5.41, 5.74) is 0.589. The molecular weight excluding hydrogens is 234 g/mol. The van der Waals surface area contributed by atoms with Crippen LogP contribution in [0.1, 0.15) is 18.5 Å². The van der Waals surface area contributed by atoms with E-state index in [1.165, 1.54) is 0 Å². The summed E-state index contributed by atoms with van der Waals surface area (Å²) in [6.07, 6.45) is 5.35. The van der Waals surface area contributed by atoms with Crippen molar-refractivity contribution in [2.24, 2.45) is 0 Å². The quantitative estimate of drug-likeness (QED) is 0.766. The molecule has 0 unspecified atom stereocenters. The van der Waals surface area contributed by atoms with Crippen molar-refractivity contribution in [1.29, 1.82) is 0 Å². The third kappa shape index (κ3) is 3.38. The highest BCUT2D eigenvalue weighted by Crippen LogP contribution is 2.19. The van der Waals surface area contributed by atoms with E-state index in [9.17, 15) is 0 Å². The van der Waals surface area contributed by atoms with E-state index in [0.717, 1.165) is 31.7 Å². The molecule has 1 fully saturated rings. The van der Waals surface area contributed by atoms with Crippen LogP contribution in [0.4, 0.5) is 5.82 Å². The van der Waals surface area contributed by atoms with E-state index >= 15 is 0 Å². The zero-order chi connectivity index (χ0) is 12.8. The molecule has 1 saturated heterocycles. The van der Waals surface area contributed by atoms with Crippen molar-refractivity contribution >= 4 is 5.82 Å². The number of hydrogen-bond acceptors (Lipinski definition) is 6. The fourth-order valence-electron chi connectivity index (χ4n) is 2.09. The second-order valence-electron chi connectivity index (χ2n) is 4.31. The Labute approximate surface area is 106 Å². The molecule has 2 heterocycles. The predicted octanol–water partition coefficient (Wildman–Crippen LogP) is -0.0534. The molecule has 6 nitrogen and oxygen atoms in total. The molecule has 1 aromatic rings. The van der Waals surface area contributed by atoms with E-state index < -0.39 is 0 Å². The molecule has 18 heavy (non-hydrogen) atoms. The first-order valence-electron chi connectivity index (χ1n) is 6.22. The minimum atomic E-state index is -0.0864. The molecule has 0 bridgehead atoms. The van der Waals surface area contributed by atoms with Gasteiger partial charge >= 0.3 is 0 Å². The highest BCUT2D eigenvalue weighted by molar-refractivity contribution is 5.36. The fraction of sp³-hybridized carbons (Fsp3) is 0.667. The number of piperidine rings is 1. The molecule has 0 saturated carbocycles. The number of aliphatic hydroxyl groups excluding tert-OH is 2. The zero-order valence-corrected chi connectivity index (χ0v) is 10.3. The van der Waals surface area contributed by atoms with Gasteiger partial charge in [0.1, 0.15) is 5.82 Å². The molecular formula is C12H19N3O3. The van der Waals surface area contributed by atoms with Gasteiger partial charge in [-0.15, -0.1) is 0 Å². The van der Waals surface area contributed by atoms with E-state index in [0.29, 0.717) is 12.3 Å². The SMILES string of the molecule is OCCOC1CCN(c2cncc(CO)n2)CC1. The average Bonchev–Trinajstić information content (AvgIpc) is 2.46. The fourth-order valence-corrected chi connectivity index (χ4v) is 2.09. The smallest absolute Gasteiger partial charge is 0.147 e. The van der Waals surface area contributed by atoms with Gasteiger partial charge in [-0.2, -0.15) is 0 Å². The number of anilines is 1. The van der Waals surface area contributed by atoms with Gasteiger partial charge in [-0.3, -0.25) is 4.98 Å². The molecule has 0 aromatic carbocycles. The summed E-state index contributed by atoms with van der Waals surface area (Å²) in [5.74, 6) is 0.808. The van der Waals surface area contributed by atoms with Crippen molar-refractivity contribution in [1.82, 2.24) is 9.97 Å². The van der Waals surface area contributed by atoms with Crippen molar-refractivity contribution in [3.05, 3.63) is 18.1 Å². The van der Waals surface area contributed by atoms with E-state index in [4.69, 9.17) is 14.9 Å². The third-order valence-electron chi connectivity index (χ3n) is 3.04. The normalized spacial score (nSPS) is 17.1. The van der Waals surface area contributed by atoms with Gasteiger partial charge in [0.2, 0.25) is 0 Å². The van der Waals surface area contributed by atoms with Crippen LogP contribution >= 0.6 is 0 Å². The van der Waals surface area contributed by atoms with Crippen LogP contribution < -0.4 is 4.90 Å². The number of rotatable bonds is 5. The standard InChI is InChI=1S/C12H19N3O3/c16-5-6-18-11-1-3-15(4-2-11)12-8-13-7-10(9-17)14-12/h7-8,11,16-17H,1-6,9H2. The first-order valence-corrected chi connectivity index (χ1v) is 6.22. The summed E-state index contributed by atoms with van der Waals surface area (Å²) in [4.78, 5) is 10.5. The van der Waals surface area contributed by atoms with Gasteiger partial charge in [-0.05, 0) is 12.8 Å². The Balaban J connectivity index is 1.88. The maximum atomic E-state index is 9.03. The van der Waals surface area contributed by atoms with Gasteiger partial charge in [0.15, 0.2) is 0 Å². The van der Waals surface area contributed by atoms with Crippen LogP contribution in [0.2, 0.25) is 0 Å². The molecule has 1 aliphatic rings. The van der Waals surface area contributed by atoms with Crippen LogP contribution in [0.15, 0.2) is 12.4 Å². The van der Waals surface area contributed by atoms with Crippen molar-refractivity contribution in [2.45, 2.75) is 25.6 Å². The maximum Gasteiger partial charge on any atom is 0.147 e. The predicted molar refractivity (Wildman–Crippen MR) is 66.2 cm³/mol. The highest BCUT2D eigenvalue weighted by atomic mass is 16.5. The molecule has 1 aliphatic heterocycles. The Bertz CT molecular complexity index is 367. The zero-order valence-electron chi connectivity index (χ0n) is 10.3. The van der Waals surface area contributed by atoms with Crippen molar-refractivity contribution in [3.8, 4) is 0 Å². The van der Waals surface area contributed by atoms with E-state index in [1.54, 1.807) is 12.4 Å². The minimum Gasteiger partial charge on any atom is -0.394 e. The second kappa shape index (κ2) is 6.63. The Morgan fingerprint density at radius 2 is 2.06 bits per heavy atom. The number of hydrogen-bond donors (Lipinski definition) is 2. The van der Waals surface area contributed by atoms with Crippen molar-refractivity contribution in [2.75, 3.05) is 31.2 Å². The molecule has 2 N–H and O–H groups in total. The monoisotopic (exact) mass is 253 g/mol. The second-order valence-corrected chi connectivity index (χ2v) is 4.31.